The molecule has 168 valence electrons. The lowest BCUT2D eigenvalue weighted by Gasteiger charge is -2.30. The largest absolute Gasteiger partial charge is 0.342 e. The van der Waals surface area contributed by atoms with Gasteiger partial charge in [0.15, 0.2) is 0 Å². The maximum atomic E-state index is 4.75. The summed E-state index contributed by atoms with van der Waals surface area (Å²) in [5.74, 6) is 2.42. The Bertz CT molecular complexity index is 1550. The first-order chi connectivity index (χ1) is 16.5. The normalized spacial score (nSPS) is 14.1. The van der Waals surface area contributed by atoms with E-state index in [-0.39, 0.29) is 0 Å². The molecule has 0 fully saturated rings. The predicted molar refractivity (Wildman–Crippen MR) is 138 cm³/mol. The number of fused-ring (bicyclic) bond motifs is 1. The Morgan fingerprint density at radius 1 is 0.735 bits per heavy atom. The average Bonchev–Trinajstić information content (AvgIpc) is 3.48. The number of aryl methyl sites for hydroxylation is 5. The van der Waals surface area contributed by atoms with E-state index in [0.717, 1.165) is 54.1 Å². The molecule has 0 saturated carbocycles. The second kappa shape index (κ2) is 7.17. The summed E-state index contributed by atoms with van der Waals surface area (Å²) < 4.78 is 0. The van der Waals surface area contributed by atoms with Crippen LogP contribution < -0.4 is 0 Å². The topological polar surface area (TPSA) is 57.4 Å². The van der Waals surface area contributed by atoms with Gasteiger partial charge in [-0.15, -0.1) is 0 Å². The fourth-order valence-corrected chi connectivity index (χ4v) is 5.88. The van der Waals surface area contributed by atoms with Gasteiger partial charge in [0.1, 0.15) is 11.6 Å². The van der Waals surface area contributed by atoms with E-state index in [1.54, 1.807) is 0 Å². The number of aromatic nitrogens is 4. The van der Waals surface area contributed by atoms with Gasteiger partial charge in [-0.2, -0.15) is 0 Å². The summed E-state index contributed by atoms with van der Waals surface area (Å²) >= 11 is 0. The number of nitrogens with one attached hydrogen (secondary N) is 2. The molecule has 0 aliphatic heterocycles. The van der Waals surface area contributed by atoms with Gasteiger partial charge in [0.05, 0.1) is 22.9 Å². The van der Waals surface area contributed by atoms with Crippen molar-refractivity contribution in [3.63, 3.8) is 0 Å². The molecule has 0 radical (unpaired) electrons. The van der Waals surface area contributed by atoms with E-state index < -0.39 is 0 Å². The minimum Gasteiger partial charge on any atom is -0.342 e. The number of aromatic amines is 2. The zero-order valence-electron chi connectivity index (χ0n) is 19.9. The van der Waals surface area contributed by atoms with Crippen LogP contribution in [0.25, 0.3) is 44.5 Å². The van der Waals surface area contributed by atoms with Crippen molar-refractivity contribution in [2.75, 3.05) is 0 Å². The van der Waals surface area contributed by atoms with Crippen LogP contribution in [0, 0.1) is 6.92 Å². The fourth-order valence-electron chi connectivity index (χ4n) is 5.88. The van der Waals surface area contributed by atoms with Crippen molar-refractivity contribution < 1.29 is 0 Å². The quantitative estimate of drug-likeness (QED) is 0.317. The highest BCUT2D eigenvalue weighted by molar-refractivity contribution is 5.87. The molecule has 2 aliphatic rings. The summed E-state index contributed by atoms with van der Waals surface area (Å²) in [5, 5.41) is 0. The predicted octanol–water partition coefficient (Wildman–Crippen LogP) is 6.92. The molecule has 2 aliphatic carbocycles. The maximum absolute atomic E-state index is 4.75. The average molecular weight is 445 g/mol. The Labute approximate surface area is 199 Å². The number of imidazole rings is 2. The molecule has 7 rings (SSSR count). The number of hydrogen-bond acceptors (Lipinski definition) is 2. The number of rotatable bonds is 3. The van der Waals surface area contributed by atoms with Crippen molar-refractivity contribution in [2.24, 2.45) is 0 Å². The molecule has 0 saturated heterocycles. The SMILES string of the molecule is Cc1ncc(-c2cc3c4c(c2)CCc2cc(-c5ccc6nc(C(C)C)[nH]c6c5)cc(c2-4)CC3)[nH]1. The van der Waals surface area contributed by atoms with Crippen molar-refractivity contribution in [1.82, 2.24) is 19.9 Å². The molecule has 0 atom stereocenters. The van der Waals surface area contributed by atoms with Crippen LogP contribution in [0.1, 0.15) is 53.7 Å². The van der Waals surface area contributed by atoms with Gasteiger partial charge in [-0.05, 0) is 101 Å². The summed E-state index contributed by atoms with van der Waals surface area (Å²) in [7, 11) is 0. The minimum atomic E-state index is 0.399. The molecule has 0 spiro atoms. The Hall–Kier alpha value is -3.66. The monoisotopic (exact) mass is 444 g/mol. The van der Waals surface area contributed by atoms with Gasteiger partial charge in [0, 0.05) is 11.5 Å². The van der Waals surface area contributed by atoms with E-state index in [0.29, 0.717) is 5.92 Å². The fraction of sp³-hybridized carbons (Fsp3) is 0.267. The molecule has 2 aromatic heterocycles. The molecule has 4 nitrogen and oxygen atoms in total. The van der Waals surface area contributed by atoms with Crippen LogP contribution in [-0.4, -0.2) is 19.9 Å². The summed E-state index contributed by atoms with van der Waals surface area (Å²) in [6.07, 6.45) is 6.34. The first-order valence-electron chi connectivity index (χ1n) is 12.4. The summed E-state index contributed by atoms with van der Waals surface area (Å²) in [6.45, 7) is 6.37. The highest BCUT2D eigenvalue weighted by atomic mass is 14.9. The highest BCUT2D eigenvalue weighted by Gasteiger charge is 2.27. The molecule has 2 heterocycles. The highest BCUT2D eigenvalue weighted by Crippen LogP contribution is 2.45. The van der Waals surface area contributed by atoms with Crippen molar-refractivity contribution in [1.29, 1.82) is 0 Å². The van der Waals surface area contributed by atoms with E-state index in [1.165, 1.54) is 50.1 Å². The van der Waals surface area contributed by atoms with Crippen molar-refractivity contribution in [3.05, 3.63) is 82.6 Å². The number of nitrogens with zero attached hydrogens (tertiary/aromatic N) is 2. The third kappa shape index (κ3) is 2.98. The van der Waals surface area contributed by atoms with Crippen LogP contribution in [0.15, 0.2) is 48.7 Å². The molecule has 34 heavy (non-hydrogen) atoms. The van der Waals surface area contributed by atoms with Gasteiger partial charge in [-0.1, -0.05) is 32.0 Å². The Balaban J connectivity index is 1.33. The van der Waals surface area contributed by atoms with E-state index >= 15 is 0 Å². The first-order valence-corrected chi connectivity index (χ1v) is 12.4. The Morgan fingerprint density at radius 2 is 1.35 bits per heavy atom. The van der Waals surface area contributed by atoms with Gasteiger partial charge < -0.3 is 9.97 Å². The van der Waals surface area contributed by atoms with E-state index in [1.807, 2.05) is 13.1 Å². The van der Waals surface area contributed by atoms with E-state index in [2.05, 4.69) is 71.3 Å². The van der Waals surface area contributed by atoms with E-state index in [9.17, 15) is 0 Å². The number of benzene rings is 3. The molecule has 3 aromatic carbocycles. The summed E-state index contributed by atoms with van der Waals surface area (Å²) in [4.78, 5) is 16.1. The Morgan fingerprint density at radius 3 is 1.91 bits per heavy atom. The molecule has 2 N–H and O–H groups in total. The molecule has 0 bridgehead atoms. The van der Waals surface area contributed by atoms with Crippen molar-refractivity contribution in [3.8, 4) is 33.5 Å². The van der Waals surface area contributed by atoms with Gasteiger partial charge in [-0.3, -0.25) is 0 Å². The standard InChI is InChI=1S/C30H28N4/c1-16(2)30-33-25-9-8-18(14-26(25)34-30)23-10-19-4-6-21-12-24(27-15-31-17(3)32-27)13-22-7-5-20(11-23)28(19)29(21)22/h8-16H,4-7H2,1-3H3,(H,31,32)(H,33,34). The molecule has 5 aromatic rings. The lowest BCUT2D eigenvalue weighted by atomic mass is 9.74. The van der Waals surface area contributed by atoms with Crippen LogP contribution >= 0.6 is 0 Å². The first kappa shape index (κ1) is 19.8. The van der Waals surface area contributed by atoms with Crippen molar-refractivity contribution >= 4 is 11.0 Å². The minimum absolute atomic E-state index is 0.399. The van der Waals surface area contributed by atoms with Crippen LogP contribution in [0.2, 0.25) is 0 Å². The van der Waals surface area contributed by atoms with Crippen LogP contribution in [0.4, 0.5) is 0 Å². The molecular formula is C30H28N4. The smallest absolute Gasteiger partial charge is 0.109 e. The van der Waals surface area contributed by atoms with Crippen molar-refractivity contribution in [2.45, 2.75) is 52.4 Å². The second-order valence-electron chi connectivity index (χ2n) is 10.2. The summed E-state index contributed by atoms with van der Waals surface area (Å²) in [5.41, 5.74) is 16.1. The lowest BCUT2D eigenvalue weighted by molar-refractivity contribution is 0.799. The van der Waals surface area contributed by atoms with Gasteiger partial charge in [0.2, 0.25) is 0 Å². The zero-order chi connectivity index (χ0) is 23.0. The molecule has 0 unspecified atom stereocenters. The Kier molecular flexibility index (Phi) is 4.17. The second-order valence-corrected chi connectivity index (χ2v) is 10.2. The number of hydrogen-bond donors (Lipinski definition) is 2. The lowest BCUT2D eigenvalue weighted by Crippen LogP contribution is -2.14. The van der Waals surface area contributed by atoms with E-state index in [4.69, 9.17) is 4.98 Å². The molecule has 0 amide bonds. The van der Waals surface area contributed by atoms with Crippen LogP contribution in [0.5, 0.6) is 0 Å². The molecular weight excluding hydrogens is 416 g/mol. The number of H-pyrrole nitrogens is 2. The third-order valence-electron chi connectivity index (χ3n) is 7.58. The van der Waals surface area contributed by atoms with Gasteiger partial charge >= 0.3 is 0 Å². The van der Waals surface area contributed by atoms with Crippen LogP contribution in [-0.2, 0) is 25.7 Å². The maximum Gasteiger partial charge on any atom is 0.109 e. The zero-order valence-corrected chi connectivity index (χ0v) is 19.9. The molecule has 4 heteroatoms. The van der Waals surface area contributed by atoms with Gasteiger partial charge in [-0.25, -0.2) is 9.97 Å². The van der Waals surface area contributed by atoms with Crippen LogP contribution in [0.3, 0.4) is 0 Å². The third-order valence-corrected chi connectivity index (χ3v) is 7.58. The van der Waals surface area contributed by atoms with Gasteiger partial charge in [0.25, 0.3) is 0 Å². The summed E-state index contributed by atoms with van der Waals surface area (Å²) in [6, 6.07) is 16.3.